The summed E-state index contributed by atoms with van der Waals surface area (Å²) in [4.78, 5) is 17.6. The third-order valence-corrected chi connectivity index (χ3v) is 5.14. The highest BCUT2D eigenvalue weighted by Crippen LogP contribution is 2.32. The molecule has 1 heterocycles. The highest BCUT2D eigenvalue weighted by Gasteiger charge is 2.42. The van der Waals surface area contributed by atoms with Gasteiger partial charge in [0.25, 0.3) is 0 Å². The molecule has 1 saturated carbocycles. The number of rotatable bonds is 5. The van der Waals surface area contributed by atoms with Gasteiger partial charge in [0.2, 0.25) is 5.91 Å². The van der Waals surface area contributed by atoms with Gasteiger partial charge < -0.3 is 10.6 Å². The van der Waals surface area contributed by atoms with Gasteiger partial charge in [0.15, 0.2) is 0 Å². The Labute approximate surface area is 121 Å². The summed E-state index contributed by atoms with van der Waals surface area (Å²) < 4.78 is 0. The third kappa shape index (κ3) is 2.77. The van der Waals surface area contributed by atoms with Crippen LogP contribution in [0.1, 0.15) is 39.5 Å². The summed E-state index contributed by atoms with van der Waals surface area (Å²) in [6.07, 6.45) is 4.05. The second-order valence-corrected chi connectivity index (χ2v) is 6.15. The SMILES string of the molecule is CCC(CC)(C(=O)N1CCN(C2CC2)CC1)C(N)=S. The summed E-state index contributed by atoms with van der Waals surface area (Å²) in [6.45, 7) is 7.63. The molecule has 2 N–H and O–H groups in total. The molecule has 5 heteroatoms. The van der Waals surface area contributed by atoms with Crippen LogP contribution in [-0.4, -0.2) is 52.9 Å². The van der Waals surface area contributed by atoms with E-state index < -0.39 is 5.41 Å². The standard InChI is InChI=1S/C14H25N3OS/c1-3-14(4-2,12(15)19)13(18)17-9-7-16(8-10-17)11-5-6-11/h11H,3-10H2,1-2H3,(H2,15,19). The van der Waals surface area contributed by atoms with Crippen LogP contribution in [-0.2, 0) is 4.79 Å². The molecule has 0 atom stereocenters. The Bertz CT molecular complexity index is 356. The summed E-state index contributed by atoms with van der Waals surface area (Å²) in [7, 11) is 0. The van der Waals surface area contributed by atoms with Gasteiger partial charge in [-0.2, -0.15) is 0 Å². The molecule has 2 fully saturated rings. The number of carbonyl (C=O) groups excluding carboxylic acids is 1. The van der Waals surface area contributed by atoms with Crippen molar-refractivity contribution < 1.29 is 4.79 Å². The van der Waals surface area contributed by atoms with E-state index in [9.17, 15) is 4.79 Å². The fourth-order valence-corrected chi connectivity index (χ4v) is 3.41. The minimum atomic E-state index is -0.628. The maximum atomic E-state index is 12.8. The molecule has 4 nitrogen and oxygen atoms in total. The Balaban J connectivity index is 2.00. The first kappa shape index (κ1) is 14.7. The van der Waals surface area contributed by atoms with Crippen LogP contribution in [0, 0.1) is 5.41 Å². The van der Waals surface area contributed by atoms with Crippen LogP contribution in [0.4, 0.5) is 0 Å². The van der Waals surface area contributed by atoms with Gasteiger partial charge in [-0.15, -0.1) is 0 Å². The minimum Gasteiger partial charge on any atom is -0.392 e. The molecule has 0 aromatic heterocycles. The smallest absolute Gasteiger partial charge is 0.235 e. The van der Waals surface area contributed by atoms with Gasteiger partial charge >= 0.3 is 0 Å². The molecule has 19 heavy (non-hydrogen) atoms. The Morgan fingerprint density at radius 1 is 1.21 bits per heavy atom. The number of hydrogen-bond acceptors (Lipinski definition) is 3. The number of hydrogen-bond donors (Lipinski definition) is 1. The summed E-state index contributed by atoms with van der Waals surface area (Å²) in [5.74, 6) is 0.139. The van der Waals surface area contributed by atoms with E-state index in [1.54, 1.807) is 0 Å². The van der Waals surface area contributed by atoms with Crippen LogP contribution < -0.4 is 5.73 Å². The molecule has 0 radical (unpaired) electrons. The number of nitrogens with zero attached hydrogens (tertiary/aromatic N) is 2. The number of amides is 1. The van der Waals surface area contributed by atoms with Crippen molar-refractivity contribution in [3.63, 3.8) is 0 Å². The summed E-state index contributed by atoms with van der Waals surface area (Å²) >= 11 is 5.17. The second kappa shape index (κ2) is 5.75. The van der Waals surface area contributed by atoms with Gasteiger partial charge in [0, 0.05) is 32.2 Å². The lowest BCUT2D eigenvalue weighted by molar-refractivity contribution is -0.140. The van der Waals surface area contributed by atoms with E-state index >= 15 is 0 Å². The predicted molar refractivity (Wildman–Crippen MR) is 81.0 cm³/mol. The van der Waals surface area contributed by atoms with Crippen LogP contribution in [0.3, 0.4) is 0 Å². The van der Waals surface area contributed by atoms with E-state index in [1.807, 2.05) is 18.7 Å². The lowest BCUT2D eigenvalue weighted by Gasteiger charge is -2.40. The average Bonchev–Trinajstić information content (AvgIpc) is 3.25. The summed E-state index contributed by atoms with van der Waals surface area (Å²) in [6, 6.07) is 0.787. The monoisotopic (exact) mass is 283 g/mol. The molecule has 1 aliphatic heterocycles. The second-order valence-electron chi connectivity index (χ2n) is 5.71. The van der Waals surface area contributed by atoms with Gasteiger partial charge in [0.05, 0.1) is 10.4 Å². The Morgan fingerprint density at radius 3 is 2.11 bits per heavy atom. The number of thiocarbonyl (C=S) groups is 1. The molecule has 0 aromatic carbocycles. The lowest BCUT2D eigenvalue weighted by atomic mass is 9.80. The zero-order valence-corrected chi connectivity index (χ0v) is 12.8. The zero-order valence-electron chi connectivity index (χ0n) is 12.0. The maximum Gasteiger partial charge on any atom is 0.235 e. The molecule has 108 valence electrons. The molecule has 2 rings (SSSR count). The van der Waals surface area contributed by atoms with Crippen molar-refractivity contribution in [2.45, 2.75) is 45.6 Å². The van der Waals surface area contributed by atoms with Crippen LogP contribution in [0.5, 0.6) is 0 Å². The molecule has 1 amide bonds. The van der Waals surface area contributed by atoms with Gasteiger partial charge in [-0.05, 0) is 25.7 Å². The number of nitrogens with two attached hydrogens (primary N) is 1. The van der Waals surface area contributed by atoms with Crippen molar-refractivity contribution >= 4 is 23.1 Å². The van der Waals surface area contributed by atoms with E-state index in [0.717, 1.165) is 32.2 Å². The number of carbonyl (C=O) groups is 1. The first-order chi connectivity index (χ1) is 9.05. The van der Waals surface area contributed by atoms with Gasteiger partial charge in [-0.1, -0.05) is 26.1 Å². The summed E-state index contributed by atoms with van der Waals surface area (Å²) in [5.41, 5.74) is 5.23. The van der Waals surface area contributed by atoms with Crippen molar-refractivity contribution in [2.75, 3.05) is 26.2 Å². The van der Waals surface area contributed by atoms with Gasteiger partial charge in [-0.25, -0.2) is 0 Å². The van der Waals surface area contributed by atoms with Crippen LogP contribution in [0.2, 0.25) is 0 Å². The average molecular weight is 283 g/mol. The van der Waals surface area contributed by atoms with E-state index in [4.69, 9.17) is 18.0 Å². The molecule has 0 spiro atoms. The molecule has 0 unspecified atom stereocenters. The molecule has 1 saturated heterocycles. The lowest BCUT2D eigenvalue weighted by Crippen LogP contribution is -2.56. The quantitative estimate of drug-likeness (QED) is 0.775. The first-order valence-corrected chi connectivity index (χ1v) is 7.79. The third-order valence-electron chi connectivity index (χ3n) is 4.75. The molecule has 1 aliphatic carbocycles. The zero-order chi connectivity index (χ0) is 14.0. The molecule has 0 aromatic rings. The van der Waals surface area contributed by atoms with E-state index in [-0.39, 0.29) is 5.91 Å². The topological polar surface area (TPSA) is 49.6 Å². The molecule has 2 aliphatic rings. The fraction of sp³-hybridized carbons (Fsp3) is 0.857. The maximum absolute atomic E-state index is 12.8. The highest BCUT2D eigenvalue weighted by atomic mass is 32.1. The van der Waals surface area contributed by atoms with E-state index in [1.165, 1.54) is 12.8 Å². The fourth-order valence-electron chi connectivity index (χ4n) is 3.04. The van der Waals surface area contributed by atoms with Crippen molar-refractivity contribution in [1.82, 2.24) is 9.80 Å². The van der Waals surface area contributed by atoms with Crippen LogP contribution in [0.15, 0.2) is 0 Å². The molecular formula is C14H25N3OS. The van der Waals surface area contributed by atoms with Crippen LogP contribution >= 0.6 is 12.2 Å². The Morgan fingerprint density at radius 2 is 1.74 bits per heavy atom. The Hall–Kier alpha value is -0.680. The Kier molecular flexibility index (Phi) is 4.46. The van der Waals surface area contributed by atoms with E-state index in [0.29, 0.717) is 17.8 Å². The van der Waals surface area contributed by atoms with Crippen LogP contribution in [0.25, 0.3) is 0 Å². The van der Waals surface area contributed by atoms with E-state index in [2.05, 4.69) is 4.90 Å². The summed E-state index contributed by atoms with van der Waals surface area (Å²) in [5, 5.41) is 0. The van der Waals surface area contributed by atoms with Crippen molar-refractivity contribution in [3.8, 4) is 0 Å². The van der Waals surface area contributed by atoms with Crippen molar-refractivity contribution in [1.29, 1.82) is 0 Å². The van der Waals surface area contributed by atoms with Gasteiger partial charge in [0.1, 0.15) is 0 Å². The minimum absolute atomic E-state index is 0.139. The predicted octanol–water partition coefficient (Wildman–Crippen LogP) is 1.39. The first-order valence-electron chi connectivity index (χ1n) is 7.38. The molecule has 0 bridgehead atoms. The molecular weight excluding hydrogens is 258 g/mol. The highest BCUT2D eigenvalue weighted by molar-refractivity contribution is 7.80. The number of piperazine rings is 1. The largest absolute Gasteiger partial charge is 0.392 e. The van der Waals surface area contributed by atoms with Crippen molar-refractivity contribution in [3.05, 3.63) is 0 Å². The normalized spacial score (nSPS) is 21.5. The van der Waals surface area contributed by atoms with Gasteiger partial charge in [-0.3, -0.25) is 9.69 Å². The van der Waals surface area contributed by atoms with Crippen molar-refractivity contribution in [2.24, 2.45) is 11.1 Å².